The van der Waals surface area contributed by atoms with Crippen molar-refractivity contribution in [3.05, 3.63) is 100 Å². The molecule has 4 nitrogen and oxygen atoms in total. The molecule has 1 N–H and O–H groups in total. The zero-order valence-electron chi connectivity index (χ0n) is 16.1. The predicted octanol–water partition coefficient (Wildman–Crippen LogP) is 4.59. The van der Waals surface area contributed by atoms with Crippen molar-refractivity contribution in [3.8, 4) is 0 Å². The van der Waals surface area contributed by atoms with Gasteiger partial charge in [0, 0.05) is 24.3 Å². The lowest BCUT2D eigenvalue weighted by Gasteiger charge is -2.17. The maximum atomic E-state index is 12.0. The average Bonchev–Trinajstić information content (AvgIpc) is 3.12. The molecule has 0 unspecified atom stereocenters. The van der Waals surface area contributed by atoms with Gasteiger partial charge in [-0.2, -0.15) is 5.10 Å². The molecule has 0 bridgehead atoms. The maximum Gasteiger partial charge on any atom is 0.271 e. The van der Waals surface area contributed by atoms with E-state index in [1.807, 2.05) is 30.3 Å². The average molecular weight is 369 g/mol. The molecule has 0 saturated carbocycles. The van der Waals surface area contributed by atoms with E-state index >= 15 is 0 Å². The number of hydrazone groups is 1. The second-order valence-electron chi connectivity index (χ2n) is 7.22. The van der Waals surface area contributed by atoms with Crippen LogP contribution in [0.25, 0.3) is 0 Å². The molecule has 3 aromatic carbocycles. The van der Waals surface area contributed by atoms with Gasteiger partial charge in [-0.25, -0.2) is 5.43 Å². The van der Waals surface area contributed by atoms with Gasteiger partial charge in [0.2, 0.25) is 0 Å². The van der Waals surface area contributed by atoms with Gasteiger partial charge in [0.1, 0.15) is 0 Å². The molecule has 0 fully saturated rings. The van der Waals surface area contributed by atoms with E-state index in [0.29, 0.717) is 5.56 Å². The summed E-state index contributed by atoms with van der Waals surface area (Å²) < 4.78 is 0. The number of carbonyl (C=O) groups is 1. The summed E-state index contributed by atoms with van der Waals surface area (Å²) in [7, 11) is 0. The molecule has 1 heterocycles. The fourth-order valence-electron chi connectivity index (χ4n) is 3.47. The van der Waals surface area contributed by atoms with Crippen LogP contribution in [0.2, 0.25) is 0 Å². The number of nitrogens with zero attached hydrogens (tertiary/aromatic N) is 2. The lowest BCUT2D eigenvalue weighted by Crippen LogP contribution is -2.17. The van der Waals surface area contributed by atoms with E-state index in [9.17, 15) is 4.79 Å². The molecule has 1 amide bonds. The SMILES string of the molecule is Cc1cc2c(cc1C)CN(c1ccc(/C=N/NC(=O)c3ccccc3)cc1)C2. The van der Waals surface area contributed by atoms with E-state index in [-0.39, 0.29) is 5.91 Å². The second kappa shape index (κ2) is 7.69. The molecule has 0 saturated heterocycles. The van der Waals surface area contributed by atoms with Crippen molar-refractivity contribution in [2.45, 2.75) is 26.9 Å². The third-order valence-electron chi connectivity index (χ3n) is 5.21. The summed E-state index contributed by atoms with van der Waals surface area (Å²) in [6, 6.07) is 21.9. The van der Waals surface area contributed by atoms with E-state index in [1.165, 1.54) is 27.9 Å². The predicted molar refractivity (Wildman–Crippen MR) is 114 cm³/mol. The zero-order valence-corrected chi connectivity index (χ0v) is 16.1. The van der Waals surface area contributed by atoms with Gasteiger partial charge >= 0.3 is 0 Å². The molecule has 1 aliphatic rings. The van der Waals surface area contributed by atoms with Crippen LogP contribution in [0.15, 0.2) is 71.8 Å². The van der Waals surface area contributed by atoms with E-state index in [2.05, 4.69) is 53.5 Å². The first kappa shape index (κ1) is 18.0. The summed E-state index contributed by atoms with van der Waals surface area (Å²) >= 11 is 0. The minimum atomic E-state index is -0.214. The molecule has 4 heteroatoms. The molecule has 0 atom stereocenters. The normalized spacial score (nSPS) is 13.0. The number of carbonyl (C=O) groups excluding carboxylic acids is 1. The molecular formula is C24H23N3O. The first-order valence-corrected chi connectivity index (χ1v) is 9.42. The van der Waals surface area contributed by atoms with E-state index in [1.54, 1.807) is 18.3 Å². The number of rotatable bonds is 4. The van der Waals surface area contributed by atoms with Gasteiger partial charge in [-0.15, -0.1) is 0 Å². The standard InChI is InChI=1S/C24H23N3O/c1-17-12-21-15-27(16-22(21)13-18(17)2)23-10-8-19(9-11-23)14-25-26-24(28)20-6-4-3-5-7-20/h3-14H,15-16H2,1-2H3,(H,26,28)/b25-14+. The van der Waals surface area contributed by atoms with Crippen molar-refractivity contribution in [2.24, 2.45) is 5.10 Å². The van der Waals surface area contributed by atoms with Crippen molar-refractivity contribution in [3.63, 3.8) is 0 Å². The molecule has 3 aromatic rings. The maximum absolute atomic E-state index is 12.0. The summed E-state index contributed by atoms with van der Waals surface area (Å²) in [4.78, 5) is 14.4. The van der Waals surface area contributed by atoms with Gasteiger partial charge in [0.05, 0.1) is 6.21 Å². The highest BCUT2D eigenvalue weighted by atomic mass is 16.2. The number of nitrogens with one attached hydrogen (secondary N) is 1. The quantitative estimate of drug-likeness (QED) is 0.540. The molecule has 0 aliphatic carbocycles. The van der Waals surface area contributed by atoms with Crippen LogP contribution in [-0.2, 0) is 13.1 Å². The Hall–Kier alpha value is -3.40. The Bertz CT molecular complexity index is 993. The Labute approximate surface area is 165 Å². The first-order chi connectivity index (χ1) is 13.6. The summed E-state index contributed by atoms with van der Waals surface area (Å²) in [6.07, 6.45) is 1.66. The number of amides is 1. The molecule has 4 rings (SSSR count). The highest BCUT2D eigenvalue weighted by Gasteiger charge is 2.19. The number of fused-ring (bicyclic) bond motifs is 1. The van der Waals surface area contributed by atoms with Crippen molar-refractivity contribution >= 4 is 17.8 Å². The molecule has 0 aromatic heterocycles. The highest BCUT2D eigenvalue weighted by molar-refractivity contribution is 5.94. The van der Waals surface area contributed by atoms with E-state index in [4.69, 9.17) is 0 Å². The molecule has 140 valence electrons. The van der Waals surface area contributed by atoms with Crippen LogP contribution < -0.4 is 10.3 Å². The Morgan fingerprint density at radius 1 is 0.929 bits per heavy atom. The second-order valence-corrected chi connectivity index (χ2v) is 7.22. The smallest absolute Gasteiger partial charge is 0.271 e. The number of benzene rings is 3. The largest absolute Gasteiger partial charge is 0.363 e. The third-order valence-corrected chi connectivity index (χ3v) is 5.21. The number of aryl methyl sites for hydroxylation is 2. The Morgan fingerprint density at radius 2 is 1.54 bits per heavy atom. The number of hydrogen-bond acceptors (Lipinski definition) is 3. The van der Waals surface area contributed by atoms with Crippen molar-refractivity contribution in [1.29, 1.82) is 0 Å². The van der Waals surface area contributed by atoms with Crippen LogP contribution in [0.1, 0.15) is 38.2 Å². The lowest BCUT2D eigenvalue weighted by molar-refractivity contribution is 0.0955. The molecular weight excluding hydrogens is 346 g/mol. The van der Waals surface area contributed by atoms with Crippen LogP contribution >= 0.6 is 0 Å². The minimum Gasteiger partial charge on any atom is -0.363 e. The Balaban J connectivity index is 1.39. The van der Waals surface area contributed by atoms with Gasteiger partial charge < -0.3 is 4.90 Å². The van der Waals surface area contributed by atoms with Crippen LogP contribution in [0.4, 0.5) is 5.69 Å². The zero-order chi connectivity index (χ0) is 19.5. The minimum absolute atomic E-state index is 0.214. The lowest BCUT2D eigenvalue weighted by atomic mass is 10.0. The van der Waals surface area contributed by atoms with Gasteiger partial charge in [-0.05, 0) is 65.9 Å². The number of anilines is 1. The van der Waals surface area contributed by atoms with Crippen LogP contribution in [0.5, 0.6) is 0 Å². The van der Waals surface area contributed by atoms with Crippen LogP contribution in [-0.4, -0.2) is 12.1 Å². The molecule has 0 spiro atoms. The first-order valence-electron chi connectivity index (χ1n) is 9.42. The van der Waals surface area contributed by atoms with Crippen LogP contribution in [0.3, 0.4) is 0 Å². The fraction of sp³-hybridized carbons (Fsp3) is 0.167. The van der Waals surface area contributed by atoms with Crippen molar-refractivity contribution in [1.82, 2.24) is 5.43 Å². The molecule has 0 radical (unpaired) electrons. The summed E-state index contributed by atoms with van der Waals surface area (Å²) in [5.41, 5.74) is 10.8. The molecule has 1 aliphatic heterocycles. The summed E-state index contributed by atoms with van der Waals surface area (Å²) in [5, 5.41) is 4.06. The van der Waals surface area contributed by atoms with Gasteiger partial charge in [-0.1, -0.05) is 42.5 Å². The fourth-order valence-corrected chi connectivity index (χ4v) is 3.47. The monoisotopic (exact) mass is 369 g/mol. The van der Waals surface area contributed by atoms with Crippen molar-refractivity contribution in [2.75, 3.05) is 4.90 Å². The highest BCUT2D eigenvalue weighted by Crippen LogP contribution is 2.30. The van der Waals surface area contributed by atoms with Crippen LogP contribution in [0, 0.1) is 13.8 Å². The Morgan fingerprint density at radius 3 is 2.14 bits per heavy atom. The van der Waals surface area contributed by atoms with Gasteiger partial charge in [-0.3, -0.25) is 4.79 Å². The summed E-state index contributed by atoms with van der Waals surface area (Å²) in [5.74, 6) is -0.214. The van der Waals surface area contributed by atoms with E-state index in [0.717, 1.165) is 18.7 Å². The van der Waals surface area contributed by atoms with E-state index < -0.39 is 0 Å². The van der Waals surface area contributed by atoms with Gasteiger partial charge in [0.15, 0.2) is 0 Å². The topological polar surface area (TPSA) is 44.7 Å². The third kappa shape index (κ3) is 3.81. The number of hydrogen-bond donors (Lipinski definition) is 1. The Kier molecular flexibility index (Phi) is 4.94. The van der Waals surface area contributed by atoms with Crippen molar-refractivity contribution < 1.29 is 4.79 Å². The van der Waals surface area contributed by atoms with Gasteiger partial charge in [0.25, 0.3) is 5.91 Å². The summed E-state index contributed by atoms with van der Waals surface area (Å²) in [6.45, 7) is 6.22. The molecule has 28 heavy (non-hydrogen) atoms.